The Bertz CT molecular complexity index is 525. The summed E-state index contributed by atoms with van der Waals surface area (Å²) < 4.78 is 37.3. The van der Waals surface area contributed by atoms with E-state index in [-0.39, 0.29) is 5.69 Å². The number of benzene rings is 1. The van der Waals surface area contributed by atoms with Crippen molar-refractivity contribution >= 4 is 16.6 Å². The summed E-state index contributed by atoms with van der Waals surface area (Å²) in [7, 11) is 0. The first-order chi connectivity index (χ1) is 7.20. The van der Waals surface area contributed by atoms with Gasteiger partial charge in [0.25, 0.3) is 0 Å². The molecule has 76 valence electrons. The van der Waals surface area contributed by atoms with E-state index < -0.39 is 11.9 Å². The summed E-state index contributed by atoms with van der Waals surface area (Å²) in [6.07, 6.45) is -1.04. The Kier molecular flexibility index (Phi) is 2.41. The maximum Gasteiger partial charge on any atom is 0.307 e. The lowest BCUT2D eigenvalue weighted by atomic mass is 10.1. The zero-order valence-electron chi connectivity index (χ0n) is 7.55. The normalized spacial score (nSPS) is 10.3. The monoisotopic (exact) mass is 209 g/mol. The Morgan fingerprint density at radius 3 is 2.47 bits per heavy atom. The lowest BCUT2D eigenvalue weighted by Gasteiger charge is -2.01. The van der Waals surface area contributed by atoms with Gasteiger partial charge < -0.3 is 0 Å². The second kappa shape index (κ2) is 3.73. The number of nitrogens with zero attached hydrogens (tertiary/aromatic N) is 1. The van der Waals surface area contributed by atoms with Crippen LogP contribution in [0.1, 0.15) is 5.69 Å². The summed E-state index contributed by atoms with van der Waals surface area (Å²) >= 11 is 0. The third-order valence-corrected chi connectivity index (χ3v) is 2.05. The molecule has 0 spiro atoms. The fourth-order valence-corrected chi connectivity index (χ4v) is 1.38. The van der Waals surface area contributed by atoms with E-state index in [9.17, 15) is 13.2 Å². The standard InChI is InChI=1S/C11H6F3N/c12-9(11(13)14)10-8-4-2-1-3-7(8)5-6-15-10/h1-6H. The average Bonchev–Trinajstić information content (AvgIpc) is 2.27. The third kappa shape index (κ3) is 1.70. The van der Waals surface area contributed by atoms with Crippen molar-refractivity contribution in [2.24, 2.45) is 0 Å². The first-order valence-electron chi connectivity index (χ1n) is 4.25. The van der Waals surface area contributed by atoms with Crippen LogP contribution in [0, 0.1) is 0 Å². The fourth-order valence-electron chi connectivity index (χ4n) is 1.38. The molecule has 0 atom stereocenters. The molecule has 4 heteroatoms. The zero-order valence-corrected chi connectivity index (χ0v) is 7.55. The predicted molar refractivity (Wildman–Crippen MR) is 52.0 cm³/mol. The van der Waals surface area contributed by atoms with E-state index in [1.54, 1.807) is 30.3 Å². The first-order valence-corrected chi connectivity index (χ1v) is 4.25. The molecule has 2 rings (SSSR count). The van der Waals surface area contributed by atoms with Gasteiger partial charge in [0, 0.05) is 11.6 Å². The fraction of sp³-hybridized carbons (Fsp3) is 0. The maximum atomic E-state index is 13.1. The molecule has 1 heterocycles. The molecule has 0 saturated heterocycles. The molecule has 0 bridgehead atoms. The molecule has 15 heavy (non-hydrogen) atoms. The SMILES string of the molecule is FC(F)=C(F)c1nccc2ccccc12. The molecule has 0 radical (unpaired) electrons. The first kappa shape index (κ1) is 9.71. The zero-order chi connectivity index (χ0) is 10.8. The van der Waals surface area contributed by atoms with Crippen molar-refractivity contribution in [2.75, 3.05) is 0 Å². The Hall–Kier alpha value is -1.84. The van der Waals surface area contributed by atoms with Crippen LogP contribution in [0.15, 0.2) is 42.6 Å². The number of hydrogen-bond acceptors (Lipinski definition) is 1. The molecule has 0 aliphatic rings. The van der Waals surface area contributed by atoms with E-state index in [0.29, 0.717) is 10.8 Å². The molecular weight excluding hydrogens is 203 g/mol. The highest BCUT2D eigenvalue weighted by molar-refractivity contribution is 5.90. The van der Waals surface area contributed by atoms with Crippen LogP contribution >= 0.6 is 0 Å². The number of aromatic nitrogens is 1. The van der Waals surface area contributed by atoms with Gasteiger partial charge in [0.2, 0.25) is 5.83 Å². The Labute approximate surface area is 83.9 Å². The van der Waals surface area contributed by atoms with E-state index in [1.165, 1.54) is 6.20 Å². The number of rotatable bonds is 1. The van der Waals surface area contributed by atoms with Gasteiger partial charge in [0.15, 0.2) is 0 Å². The highest BCUT2D eigenvalue weighted by Crippen LogP contribution is 2.26. The van der Waals surface area contributed by atoms with Crippen molar-refractivity contribution < 1.29 is 13.2 Å². The Morgan fingerprint density at radius 2 is 1.73 bits per heavy atom. The summed E-state index contributed by atoms with van der Waals surface area (Å²) in [5, 5.41) is 1.06. The van der Waals surface area contributed by atoms with Crippen LogP contribution in [0.5, 0.6) is 0 Å². The van der Waals surface area contributed by atoms with Gasteiger partial charge in [-0.1, -0.05) is 24.3 Å². The van der Waals surface area contributed by atoms with Crippen molar-refractivity contribution in [1.29, 1.82) is 0 Å². The summed E-state index contributed by atoms with van der Waals surface area (Å²) in [5.41, 5.74) is -0.312. The minimum atomic E-state index is -2.35. The lowest BCUT2D eigenvalue weighted by molar-refractivity contribution is 0.410. The predicted octanol–water partition coefficient (Wildman–Crippen LogP) is 3.77. The van der Waals surface area contributed by atoms with Crippen LogP contribution < -0.4 is 0 Å². The van der Waals surface area contributed by atoms with Crippen LogP contribution in [-0.2, 0) is 0 Å². The van der Waals surface area contributed by atoms with E-state index in [4.69, 9.17) is 0 Å². The van der Waals surface area contributed by atoms with Crippen LogP contribution in [0.4, 0.5) is 13.2 Å². The largest absolute Gasteiger partial charge is 0.307 e. The summed E-state index contributed by atoms with van der Waals surface area (Å²) in [4.78, 5) is 3.62. The molecule has 1 aromatic carbocycles. The van der Waals surface area contributed by atoms with Gasteiger partial charge in [-0.3, -0.25) is 4.98 Å². The molecule has 1 nitrogen and oxygen atoms in total. The van der Waals surface area contributed by atoms with E-state index in [1.807, 2.05) is 0 Å². The second-order valence-corrected chi connectivity index (χ2v) is 2.96. The average molecular weight is 209 g/mol. The summed E-state index contributed by atoms with van der Waals surface area (Å²) in [6.45, 7) is 0. The molecule has 0 aliphatic carbocycles. The quantitative estimate of drug-likeness (QED) is 0.696. The van der Waals surface area contributed by atoms with Crippen molar-refractivity contribution in [2.45, 2.75) is 0 Å². The maximum absolute atomic E-state index is 13.1. The highest BCUT2D eigenvalue weighted by Gasteiger charge is 2.12. The molecule has 0 N–H and O–H groups in total. The summed E-state index contributed by atoms with van der Waals surface area (Å²) in [5.74, 6) is -1.56. The molecule has 1 aromatic heterocycles. The van der Waals surface area contributed by atoms with Crippen LogP contribution in [0.25, 0.3) is 16.6 Å². The molecule has 0 fully saturated rings. The lowest BCUT2D eigenvalue weighted by Crippen LogP contribution is -1.87. The van der Waals surface area contributed by atoms with Crippen LogP contribution in [0.2, 0.25) is 0 Å². The highest BCUT2D eigenvalue weighted by atomic mass is 19.3. The van der Waals surface area contributed by atoms with Gasteiger partial charge in [0.1, 0.15) is 5.69 Å². The van der Waals surface area contributed by atoms with Gasteiger partial charge in [-0.05, 0) is 11.5 Å². The molecule has 0 unspecified atom stereocenters. The number of halogens is 3. The van der Waals surface area contributed by atoms with Crippen LogP contribution in [0.3, 0.4) is 0 Å². The molecular formula is C11H6F3N. The smallest absolute Gasteiger partial charge is 0.253 e. The number of pyridine rings is 1. The number of fused-ring (bicyclic) bond motifs is 1. The number of hydrogen-bond donors (Lipinski definition) is 0. The molecule has 0 amide bonds. The van der Waals surface area contributed by atoms with Crippen molar-refractivity contribution in [3.8, 4) is 0 Å². The second-order valence-electron chi connectivity index (χ2n) is 2.96. The minimum Gasteiger partial charge on any atom is -0.253 e. The Balaban J connectivity index is 2.77. The van der Waals surface area contributed by atoms with Gasteiger partial charge in [0.05, 0.1) is 0 Å². The van der Waals surface area contributed by atoms with Gasteiger partial charge in [-0.15, -0.1) is 0 Å². The van der Waals surface area contributed by atoms with Gasteiger partial charge >= 0.3 is 6.08 Å². The summed E-state index contributed by atoms with van der Waals surface area (Å²) in [6, 6.07) is 8.31. The topological polar surface area (TPSA) is 12.9 Å². The molecule has 0 saturated carbocycles. The minimum absolute atomic E-state index is 0.312. The van der Waals surface area contributed by atoms with Crippen molar-refractivity contribution in [3.05, 3.63) is 48.3 Å². The van der Waals surface area contributed by atoms with Crippen molar-refractivity contribution in [1.82, 2.24) is 4.98 Å². The van der Waals surface area contributed by atoms with E-state index in [2.05, 4.69) is 4.98 Å². The third-order valence-electron chi connectivity index (χ3n) is 2.05. The molecule has 2 aromatic rings. The van der Waals surface area contributed by atoms with Gasteiger partial charge in [-0.25, -0.2) is 0 Å². The van der Waals surface area contributed by atoms with Crippen molar-refractivity contribution in [3.63, 3.8) is 0 Å². The van der Waals surface area contributed by atoms with Gasteiger partial charge in [-0.2, -0.15) is 13.2 Å². The van der Waals surface area contributed by atoms with E-state index in [0.717, 1.165) is 0 Å². The molecule has 0 aliphatic heterocycles. The Morgan fingerprint density at radius 1 is 1.00 bits per heavy atom. The van der Waals surface area contributed by atoms with Crippen LogP contribution in [-0.4, -0.2) is 4.98 Å². The van der Waals surface area contributed by atoms with E-state index >= 15 is 0 Å².